The van der Waals surface area contributed by atoms with Crippen molar-refractivity contribution >= 4 is 46.3 Å². The molecule has 0 fully saturated rings. The lowest BCUT2D eigenvalue weighted by atomic mass is 10.2. The molecule has 2 heterocycles. The van der Waals surface area contributed by atoms with Gasteiger partial charge in [0, 0.05) is 10.3 Å². The van der Waals surface area contributed by atoms with Gasteiger partial charge >= 0.3 is 0 Å². The maximum absolute atomic E-state index is 12.3. The number of aromatic amines is 1. The van der Waals surface area contributed by atoms with Gasteiger partial charge in [0.25, 0.3) is 5.56 Å². The number of rotatable bonds is 4. The molecule has 1 atom stereocenters. The minimum atomic E-state index is -0.460. The zero-order chi connectivity index (χ0) is 18.0. The van der Waals surface area contributed by atoms with Crippen LogP contribution in [0.15, 0.2) is 46.3 Å². The molecule has 1 unspecified atom stereocenters. The van der Waals surface area contributed by atoms with Gasteiger partial charge in [-0.2, -0.15) is 5.26 Å². The summed E-state index contributed by atoms with van der Waals surface area (Å²) in [5.41, 5.74) is 0.894. The zero-order valence-corrected chi connectivity index (χ0v) is 16.1. The Morgan fingerprint density at radius 3 is 2.76 bits per heavy atom. The number of benzene rings is 1. The summed E-state index contributed by atoms with van der Waals surface area (Å²) in [6, 6.07) is 12.9. The molecule has 0 aliphatic heterocycles. The van der Waals surface area contributed by atoms with E-state index in [1.54, 1.807) is 12.1 Å². The van der Waals surface area contributed by atoms with Crippen LogP contribution in [0.3, 0.4) is 0 Å². The van der Waals surface area contributed by atoms with Crippen molar-refractivity contribution in [3.63, 3.8) is 0 Å². The molecule has 25 heavy (non-hydrogen) atoms. The highest BCUT2D eigenvalue weighted by atomic mass is 35.5. The molecule has 8 heteroatoms. The number of nitrogens with one attached hydrogen (secondary N) is 1. The Bertz CT molecular complexity index is 1020. The van der Waals surface area contributed by atoms with E-state index in [-0.39, 0.29) is 10.8 Å². The molecule has 2 aromatic heterocycles. The van der Waals surface area contributed by atoms with Crippen molar-refractivity contribution in [2.24, 2.45) is 0 Å². The van der Waals surface area contributed by atoms with Crippen molar-refractivity contribution in [3.8, 4) is 16.6 Å². The number of thiophene rings is 1. The normalized spacial score (nSPS) is 11.9. The highest BCUT2D eigenvalue weighted by Crippen LogP contribution is 2.36. The Balaban J connectivity index is 1.99. The van der Waals surface area contributed by atoms with E-state index in [0.717, 1.165) is 5.56 Å². The van der Waals surface area contributed by atoms with Crippen molar-refractivity contribution in [3.05, 3.63) is 67.2 Å². The van der Waals surface area contributed by atoms with E-state index in [2.05, 4.69) is 9.97 Å². The molecular formula is C17H11Cl2N3OS2. The second-order valence-corrected chi connectivity index (χ2v) is 8.61. The van der Waals surface area contributed by atoms with Gasteiger partial charge in [0.05, 0.1) is 9.21 Å². The van der Waals surface area contributed by atoms with E-state index in [9.17, 15) is 10.1 Å². The standard InChI is InChI=1S/C17H11Cl2N3OS2/c1-9(10-3-2-4-11(18)7-10)24-17-21-15(12(8-20)16(23)22-17)13-5-6-14(19)25-13/h2-7,9H,1H3,(H,21,22,23). The number of nitrogens with zero attached hydrogens (tertiary/aromatic N) is 2. The van der Waals surface area contributed by atoms with Gasteiger partial charge in [-0.05, 0) is 36.8 Å². The molecule has 0 bridgehead atoms. The fourth-order valence-corrected chi connectivity index (χ4v) is 4.38. The molecular weight excluding hydrogens is 397 g/mol. The maximum atomic E-state index is 12.3. The molecule has 0 amide bonds. The van der Waals surface area contributed by atoms with E-state index in [0.29, 0.717) is 25.1 Å². The van der Waals surface area contributed by atoms with Crippen LogP contribution in [0.5, 0.6) is 0 Å². The first-order valence-corrected chi connectivity index (χ1v) is 9.65. The predicted octanol–water partition coefficient (Wildman–Crippen LogP) is 5.53. The second kappa shape index (κ2) is 7.63. The van der Waals surface area contributed by atoms with Crippen LogP contribution in [0.4, 0.5) is 0 Å². The van der Waals surface area contributed by atoms with E-state index < -0.39 is 5.56 Å². The van der Waals surface area contributed by atoms with Crippen LogP contribution in [-0.2, 0) is 0 Å². The average molecular weight is 408 g/mol. The first-order valence-electron chi connectivity index (χ1n) is 7.20. The van der Waals surface area contributed by atoms with Gasteiger partial charge < -0.3 is 4.98 Å². The quantitative estimate of drug-likeness (QED) is 0.455. The summed E-state index contributed by atoms with van der Waals surface area (Å²) in [5, 5.41) is 10.4. The Kier molecular flexibility index (Phi) is 5.50. The van der Waals surface area contributed by atoms with Crippen LogP contribution in [0.2, 0.25) is 9.36 Å². The monoisotopic (exact) mass is 407 g/mol. The molecule has 0 aliphatic rings. The molecule has 3 rings (SSSR count). The summed E-state index contributed by atoms with van der Waals surface area (Å²) in [5.74, 6) is 0. The Labute approximate surface area is 162 Å². The Morgan fingerprint density at radius 1 is 1.32 bits per heavy atom. The van der Waals surface area contributed by atoms with Crippen molar-refractivity contribution in [1.82, 2.24) is 9.97 Å². The van der Waals surface area contributed by atoms with Crippen LogP contribution >= 0.6 is 46.3 Å². The summed E-state index contributed by atoms with van der Waals surface area (Å²) in [6.07, 6.45) is 0. The molecule has 4 nitrogen and oxygen atoms in total. The second-order valence-electron chi connectivity index (χ2n) is 5.13. The van der Waals surface area contributed by atoms with Crippen LogP contribution in [0.1, 0.15) is 23.3 Å². The van der Waals surface area contributed by atoms with Crippen molar-refractivity contribution in [2.75, 3.05) is 0 Å². The Morgan fingerprint density at radius 2 is 2.12 bits per heavy atom. The summed E-state index contributed by atoms with van der Waals surface area (Å²) in [4.78, 5) is 20.1. The first-order chi connectivity index (χ1) is 12.0. The van der Waals surface area contributed by atoms with E-state index in [1.807, 2.05) is 37.3 Å². The highest BCUT2D eigenvalue weighted by Gasteiger charge is 2.17. The number of aromatic nitrogens is 2. The summed E-state index contributed by atoms with van der Waals surface area (Å²) < 4.78 is 0.572. The molecule has 0 radical (unpaired) electrons. The minimum absolute atomic E-state index is 0.0155. The van der Waals surface area contributed by atoms with Crippen LogP contribution in [0, 0.1) is 11.3 Å². The highest BCUT2D eigenvalue weighted by molar-refractivity contribution is 7.99. The summed E-state index contributed by atoms with van der Waals surface area (Å²) >= 11 is 14.7. The number of nitriles is 1. The summed E-state index contributed by atoms with van der Waals surface area (Å²) in [7, 11) is 0. The van der Waals surface area contributed by atoms with Gasteiger partial charge in [0.2, 0.25) is 0 Å². The number of halogens is 2. The van der Waals surface area contributed by atoms with Crippen molar-refractivity contribution < 1.29 is 0 Å². The van der Waals surface area contributed by atoms with Gasteiger partial charge in [-0.1, -0.05) is 47.1 Å². The fraction of sp³-hybridized carbons (Fsp3) is 0.118. The lowest BCUT2D eigenvalue weighted by molar-refractivity contribution is 0.925. The zero-order valence-electron chi connectivity index (χ0n) is 12.9. The van der Waals surface area contributed by atoms with E-state index >= 15 is 0 Å². The minimum Gasteiger partial charge on any atom is -0.300 e. The third kappa shape index (κ3) is 4.07. The Hall–Kier alpha value is -1.78. The molecule has 3 aromatic rings. The first kappa shape index (κ1) is 18.0. The average Bonchev–Trinajstić information content (AvgIpc) is 3.00. The van der Waals surface area contributed by atoms with Crippen LogP contribution in [-0.4, -0.2) is 9.97 Å². The molecule has 0 saturated carbocycles. The number of H-pyrrole nitrogens is 1. The summed E-state index contributed by atoms with van der Waals surface area (Å²) in [6.45, 7) is 2.00. The third-order valence-electron chi connectivity index (χ3n) is 3.42. The van der Waals surface area contributed by atoms with E-state index in [1.165, 1.54) is 23.1 Å². The van der Waals surface area contributed by atoms with Gasteiger partial charge in [-0.15, -0.1) is 11.3 Å². The predicted molar refractivity (Wildman–Crippen MR) is 104 cm³/mol. The smallest absolute Gasteiger partial charge is 0.270 e. The lowest BCUT2D eigenvalue weighted by Gasteiger charge is -2.12. The van der Waals surface area contributed by atoms with Gasteiger partial charge in [0.1, 0.15) is 17.3 Å². The molecule has 126 valence electrons. The van der Waals surface area contributed by atoms with Crippen LogP contribution < -0.4 is 5.56 Å². The maximum Gasteiger partial charge on any atom is 0.270 e. The number of hydrogen-bond donors (Lipinski definition) is 1. The van der Waals surface area contributed by atoms with E-state index in [4.69, 9.17) is 23.2 Å². The molecule has 0 aliphatic carbocycles. The fourth-order valence-electron chi connectivity index (χ4n) is 2.23. The molecule has 0 spiro atoms. The van der Waals surface area contributed by atoms with Gasteiger partial charge in [-0.25, -0.2) is 4.98 Å². The number of thioether (sulfide) groups is 1. The van der Waals surface area contributed by atoms with Crippen molar-refractivity contribution in [1.29, 1.82) is 5.26 Å². The van der Waals surface area contributed by atoms with Gasteiger partial charge in [0.15, 0.2) is 5.16 Å². The SMILES string of the molecule is CC(Sc1nc(-c2ccc(Cl)s2)c(C#N)c(=O)[nH]1)c1cccc(Cl)c1. The third-order valence-corrected chi connectivity index (χ3v) is 5.94. The topological polar surface area (TPSA) is 69.5 Å². The largest absolute Gasteiger partial charge is 0.300 e. The van der Waals surface area contributed by atoms with Crippen molar-refractivity contribution in [2.45, 2.75) is 17.3 Å². The molecule has 1 aromatic carbocycles. The van der Waals surface area contributed by atoms with Crippen LogP contribution in [0.25, 0.3) is 10.6 Å². The lowest BCUT2D eigenvalue weighted by Crippen LogP contribution is -2.14. The molecule has 0 saturated heterocycles. The van der Waals surface area contributed by atoms with Gasteiger partial charge in [-0.3, -0.25) is 4.79 Å². The molecule has 1 N–H and O–H groups in total. The number of hydrogen-bond acceptors (Lipinski definition) is 5.